The van der Waals surface area contributed by atoms with E-state index >= 15 is 0 Å². The highest BCUT2D eigenvalue weighted by Crippen LogP contribution is 2.19. The van der Waals surface area contributed by atoms with Crippen LogP contribution in [0.1, 0.15) is 23.1 Å². The van der Waals surface area contributed by atoms with Crippen LogP contribution in [0.3, 0.4) is 0 Å². The fourth-order valence-electron chi connectivity index (χ4n) is 5.16. The molecule has 11 heteroatoms. The summed E-state index contributed by atoms with van der Waals surface area (Å²) in [5.41, 5.74) is 7.94. The van der Waals surface area contributed by atoms with Crippen LogP contribution in [0.2, 0.25) is 0 Å². The molecule has 232 valence electrons. The summed E-state index contributed by atoms with van der Waals surface area (Å²) in [6.45, 7) is -0.190. The number of rotatable bonds is 13. The summed E-state index contributed by atoms with van der Waals surface area (Å²) in [5.74, 6) is -2.19. The van der Waals surface area contributed by atoms with Gasteiger partial charge in [0, 0.05) is 19.6 Å². The molecule has 1 saturated heterocycles. The summed E-state index contributed by atoms with van der Waals surface area (Å²) < 4.78 is 32.0. The molecule has 0 saturated carbocycles. The van der Waals surface area contributed by atoms with E-state index in [1.165, 1.54) is 39.0 Å². The number of carbonyl (C=O) groups is 4. The van der Waals surface area contributed by atoms with Gasteiger partial charge in [0.1, 0.15) is 23.4 Å². The van der Waals surface area contributed by atoms with Gasteiger partial charge in [-0.05, 0) is 72.4 Å². The fraction of sp³-hybridized carbons (Fsp3) is 0.333. The van der Waals surface area contributed by atoms with Gasteiger partial charge in [0.05, 0.1) is 26.6 Å². The Morgan fingerprint density at radius 3 is 1.89 bits per heavy atom. The van der Waals surface area contributed by atoms with Crippen molar-refractivity contribution in [2.75, 3.05) is 39.8 Å². The second-order valence-electron chi connectivity index (χ2n) is 10.7. The molecule has 4 rings (SSSR count). The Labute approximate surface area is 255 Å². The minimum absolute atomic E-state index is 0.100. The van der Waals surface area contributed by atoms with Gasteiger partial charge < -0.3 is 25.2 Å². The van der Waals surface area contributed by atoms with Crippen molar-refractivity contribution in [2.45, 2.75) is 31.7 Å². The molecule has 1 heterocycles. The Bertz CT molecular complexity index is 1450. The average molecular weight is 607 g/mol. The van der Waals surface area contributed by atoms with E-state index in [1.54, 1.807) is 43.5 Å². The lowest BCUT2D eigenvalue weighted by Crippen LogP contribution is -2.53. The van der Waals surface area contributed by atoms with E-state index in [9.17, 15) is 28.0 Å². The Morgan fingerprint density at radius 1 is 0.818 bits per heavy atom. The summed E-state index contributed by atoms with van der Waals surface area (Å²) in [6.07, 6.45) is 0.830. The fourth-order valence-corrected chi connectivity index (χ4v) is 5.16. The molecule has 44 heavy (non-hydrogen) atoms. The third kappa shape index (κ3) is 8.85. The maximum atomic E-state index is 14.0. The van der Waals surface area contributed by atoms with Crippen LogP contribution >= 0.6 is 0 Å². The highest BCUT2D eigenvalue weighted by Gasteiger charge is 2.39. The van der Waals surface area contributed by atoms with Crippen molar-refractivity contribution in [2.24, 2.45) is 5.73 Å². The molecule has 3 aromatic rings. The van der Waals surface area contributed by atoms with Crippen molar-refractivity contribution in [1.82, 2.24) is 14.7 Å². The number of halogens is 2. The molecule has 0 bridgehead atoms. The number of primary amides is 1. The predicted molar refractivity (Wildman–Crippen MR) is 159 cm³/mol. The molecule has 1 atom stereocenters. The zero-order valence-electron chi connectivity index (χ0n) is 24.6. The van der Waals surface area contributed by atoms with Gasteiger partial charge in [0.25, 0.3) is 0 Å². The van der Waals surface area contributed by atoms with Crippen molar-refractivity contribution in [3.63, 3.8) is 0 Å². The van der Waals surface area contributed by atoms with E-state index in [2.05, 4.69) is 0 Å². The standard InChI is InChI=1S/C33H36F2N4O5/c1-44-28-12-6-25(7-13-28)15-18-38(21-30(36)40)33(43)29-20-31(41)37(17-14-23-2-8-26(34)9-3-23)22-32(42)39(29)19-16-24-4-10-27(35)11-5-24/h2-13,29H,14-22H2,1H3,(H2,36,40). The second kappa shape index (κ2) is 15.1. The zero-order chi connectivity index (χ0) is 31.6. The molecule has 9 nitrogen and oxygen atoms in total. The quantitative estimate of drug-likeness (QED) is 0.322. The third-order valence-electron chi connectivity index (χ3n) is 7.65. The third-order valence-corrected chi connectivity index (χ3v) is 7.65. The summed E-state index contributed by atoms with van der Waals surface area (Å²) >= 11 is 0. The molecule has 0 aliphatic carbocycles. The summed E-state index contributed by atoms with van der Waals surface area (Å²) in [7, 11) is 1.56. The largest absolute Gasteiger partial charge is 0.497 e. The number of hydrogen-bond donors (Lipinski definition) is 1. The van der Waals surface area contributed by atoms with Crippen molar-refractivity contribution < 1.29 is 32.7 Å². The Balaban J connectivity index is 1.55. The van der Waals surface area contributed by atoms with Crippen LogP contribution in [0.4, 0.5) is 8.78 Å². The minimum Gasteiger partial charge on any atom is -0.497 e. The maximum absolute atomic E-state index is 14.0. The highest BCUT2D eigenvalue weighted by molar-refractivity contribution is 5.97. The van der Waals surface area contributed by atoms with Gasteiger partial charge in [0.2, 0.25) is 23.6 Å². The molecule has 3 aromatic carbocycles. The lowest BCUT2D eigenvalue weighted by molar-refractivity contribution is -0.146. The first kappa shape index (κ1) is 32.1. The summed E-state index contributed by atoms with van der Waals surface area (Å²) in [6, 6.07) is 17.8. The van der Waals surface area contributed by atoms with Crippen molar-refractivity contribution in [3.8, 4) is 5.75 Å². The van der Waals surface area contributed by atoms with Gasteiger partial charge in [-0.3, -0.25) is 19.2 Å². The zero-order valence-corrected chi connectivity index (χ0v) is 24.6. The number of ether oxygens (including phenoxy) is 1. The molecule has 4 amide bonds. The molecule has 1 unspecified atom stereocenters. The SMILES string of the molecule is COc1ccc(CCN(CC(N)=O)C(=O)C2CC(=O)N(CCc3ccc(F)cc3)CC(=O)N2CCc2ccc(F)cc2)cc1. The number of hydrogen-bond acceptors (Lipinski definition) is 5. The van der Waals surface area contributed by atoms with Gasteiger partial charge in [0.15, 0.2) is 0 Å². The van der Waals surface area contributed by atoms with Crippen LogP contribution in [0, 0.1) is 11.6 Å². The van der Waals surface area contributed by atoms with E-state index < -0.39 is 35.5 Å². The topological polar surface area (TPSA) is 113 Å². The monoisotopic (exact) mass is 606 g/mol. The smallest absolute Gasteiger partial charge is 0.246 e. The predicted octanol–water partition coefficient (Wildman–Crippen LogP) is 2.74. The van der Waals surface area contributed by atoms with Gasteiger partial charge in [-0.15, -0.1) is 0 Å². The first-order valence-corrected chi connectivity index (χ1v) is 14.4. The lowest BCUT2D eigenvalue weighted by atomic mass is 10.1. The Morgan fingerprint density at radius 2 is 1.34 bits per heavy atom. The number of benzene rings is 3. The normalized spacial score (nSPS) is 15.2. The average Bonchev–Trinajstić information content (AvgIpc) is 3.13. The first-order chi connectivity index (χ1) is 21.1. The van der Waals surface area contributed by atoms with Crippen molar-refractivity contribution >= 4 is 23.6 Å². The Hall–Kier alpha value is -4.80. The van der Waals surface area contributed by atoms with E-state index in [4.69, 9.17) is 10.5 Å². The number of nitrogens with zero attached hydrogens (tertiary/aromatic N) is 3. The lowest BCUT2D eigenvalue weighted by Gasteiger charge is -2.33. The van der Waals surface area contributed by atoms with Crippen LogP contribution < -0.4 is 10.5 Å². The molecule has 1 fully saturated rings. The summed E-state index contributed by atoms with van der Waals surface area (Å²) in [4.78, 5) is 57.2. The summed E-state index contributed by atoms with van der Waals surface area (Å²) in [5, 5.41) is 0. The molecule has 0 spiro atoms. The van der Waals surface area contributed by atoms with E-state index in [0.717, 1.165) is 16.7 Å². The first-order valence-electron chi connectivity index (χ1n) is 14.4. The number of nitrogens with two attached hydrogens (primary N) is 1. The van der Waals surface area contributed by atoms with Crippen molar-refractivity contribution in [1.29, 1.82) is 0 Å². The van der Waals surface area contributed by atoms with Gasteiger partial charge in [-0.25, -0.2) is 8.78 Å². The van der Waals surface area contributed by atoms with Gasteiger partial charge in [-0.2, -0.15) is 0 Å². The van der Waals surface area contributed by atoms with Gasteiger partial charge >= 0.3 is 0 Å². The molecular weight excluding hydrogens is 570 g/mol. The minimum atomic E-state index is -1.17. The molecule has 1 aliphatic rings. The van der Waals surface area contributed by atoms with Crippen LogP contribution in [-0.2, 0) is 38.4 Å². The van der Waals surface area contributed by atoms with Crippen LogP contribution in [0.5, 0.6) is 5.75 Å². The van der Waals surface area contributed by atoms with Gasteiger partial charge in [-0.1, -0.05) is 36.4 Å². The van der Waals surface area contributed by atoms with E-state index in [0.29, 0.717) is 25.0 Å². The molecule has 1 aliphatic heterocycles. The molecule has 2 N–H and O–H groups in total. The Kier molecular flexibility index (Phi) is 11.0. The molecular formula is C33H36F2N4O5. The van der Waals surface area contributed by atoms with Crippen LogP contribution in [0.15, 0.2) is 72.8 Å². The van der Waals surface area contributed by atoms with E-state index in [1.807, 2.05) is 12.1 Å². The molecule has 0 aromatic heterocycles. The highest BCUT2D eigenvalue weighted by atomic mass is 19.1. The number of amides is 4. The second-order valence-corrected chi connectivity index (χ2v) is 10.7. The maximum Gasteiger partial charge on any atom is 0.246 e. The van der Waals surface area contributed by atoms with Crippen molar-refractivity contribution in [3.05, 3.63) is 101 Å². The van der Waals surface area contributed by atoms with E-state index in [-0.39, 0.29) is 45.0 Å². The van der Waals surface area contributed by atoms with Crippen LogP contribution in [-0.4, -0.2) is 84.2 Å². The van der Waals surface area contributed by atoms with Crippen LogP contribution in [0.25, 0.3) is 0 Å². The molecule has 0 radical (unpaired) electrons. The number of methoxy groups -OCH3 is 1. The number of carbonyl (C=O) groups excluding carboxylic acids is 4.